The summed E-state index contributed by atoms with van der Waals surface area (Å²) in [7, 11) is -5.17. The fourth-order valence-corrected chi connectivity index (χ4v) is 1.49. The average Bonchev–Trinajstić information content (AvgIpc) is 2.27. The summed E-state index contributed by atoms with van der Waals surface area (Å²) >= 11 is 0. The molecule has 11 nitrogen and oxygen atoms in total. The molecule has 5 atom stereocenters. The van der Waals surface area contributed by atoms with Gasteiger partial charge in [-0.3, -0.25) is 13.2 Å². The number of carbonyl (C=O) groups is 1. The van der Waals surface area contributed by atoms with Gasteiger partial charge in [0.2, 0.25) is 5.91 Å². The van der Waals surface area contributed by atoms with Crippen LogP contribution in [0, 0.1) is 0 Å². The summed E-state index contributed by atoms with van der Waals surface area (Å²) < 4.78 is 38.9. The SMILES string of the molecule is CC(=O)N[C@H]1C(O)O[C@H](CO)[C@H](O)[C@@H]1O.O=S(=O)([O-])[O-].[Na+].[Na+]. The van der Waals surface area contributed by atoms with Crippen LogP contribution in [-0.4, -0.2) is 81.1 Å². The van der Waals surface area contributed by atoms with E-state index in [0.29, 0.717) is 0 Å². The van der Waals surface area contributed by atoms with Gasteiger partial charge in [-0.05, 0) is 0 Å². The Kier molecular flexibility index (Phi) is 15.9. The topological polar surface area (TPSA) is 200 Å². The Balaban J connectivity index is -0.000000452. The number of aliphatic hydroxyl groups is 4. The molecule has 120 valence electrons. The molecule has 1 fully saturated rings. The second-order valence-corrected chi connectivity index (χ2v) is 4.68. The summed E-state index contributed by atoms with van der Waals surface area (Å²) in [6.45, 7) is 0.687. The van der Waals surface area contributed by atoms with E-state index in [1.54, 1.807) is 0 Å². The van der Waals surface area contributed by atoms with E-state index in [9.17, 15) is 20.1 Å². The van der Waals surface area contributed by atoms with E-state index in [2.05, 4.69) is 5.32 Å². The van der Waals surface area contributed by atoms with Crippen LogP contribution in [0.4, 0.5) is 0 Å². The fraction of sp³-hybridized carbons (Fsp3) is 0.875. The molecular weight excluding hydrogens is 348 g/mol. The minimum absolute atomic E-state index is 0. The molecule has 0 radical (unpaired) electrons. The van der Waals surface area contributed by atoms with Crippen LogP contribution in [0.1, 0.15) is 6.92 Å². The third kappa shape index (κ3) is 11.6. The normalized spacial score (nSPS) is 30.8. The molecule has 0 saturated carbocycles. The van der Waals surface area contributed by atoms with E-state index in [1.807, 2.05) is 0 Å². The van der Waals surface area contributed by atoms with Crippen molar-refractivity contribution in [3.63, 3.8) is 0 Å². The maximum atomic E-state index is 10.7. The standard InChI is InChI=1S/C8H15NO6.2Na.H2O4S/c1-3(11)9-5-7(13)6(12)4(2-10)15-8(5)14;;;1-5(2,3)4/h4-8,10,12-14H,2H2,1H3,(H,9,11);;;(H2,1,2,3,4)/q;2*+1;/p-2/t4-,5-,6+,7-,8?;;;/m1.../s1. The number of ether oxygens (including phenoxy) is 1. The van der Waals surface area contributed by atoms with Gasteiger partial charge in [-0.1, -0.05) is 0 Å². The zero-order chi connectivity index (χ0) is 16.1. The molecule has 1 amide bonds. The maximum absolute atomic E-state index is 10.7. The molecule has 1 aliphatic rings. The number of nitrogens with one attached hydrogen (secondary N) is 1. The second-order valence-electron chi connectivity index (χ2n) is 3.86. The molecule has 14 heteroatoms. The Labute approximate surface area is 171 Å². The first-order valence-corrected chi connectivity index (χ1v) is 6.55. The van der Waals surface area contributed by atoms with Crippen LogP contribution in [0.25, 0.3) is 0 Å². The summed E-state index contributed by atoms with van der Waals surface area (Å²) in [5, 5.41) is 39.4. The maximum Gasteiger partial charge on any atom is 1.00 e. The first kappa shape index (κ1) is 28.0. The minimum Gasteiger partial charge on any atom is -0.759 e. The molecule has 0 aromatic heterocycles. The van der Waals surface area contributed by atoms with E-state index >= 15 is 0 Å². The molecule has 0 aromatic carbocycles. The van der Waals surface area contributed by atoms with Crippen LogP contribution in [0.2, 0.25) is 0 Å². The number of hydrogen-bond donors (Lipinski definition) is 5. The van der Waals surface area contributed by atoms with Crippen molar-refractivity contribution in [3.05, 3.63) is 0 Å². The smallest absolute Gasteiger partial charge is 0.759 e. The van der Waals surface area contributed by atoms with Crippen molar-refractivity contribution >= 4 is 16.3 Å². The molecule has 0 aliphatic carbocycles. The van der Waals surface area contributed by atoms with Crippen molar-refractivity contribution in [2.75, 3.05) is 6.61 Å². The molecule has 0 spiro atoms. The van der Waals surface area contributed by atoms with Crippen molar-refractivity contribution in [2.45, 2.75) is 37.6 Å². The molecule has 1 saturated heterocycles. The van der Waals surface area contributed by atoms with Gasteiger partial charge in [-0.2, -0.15) is 0 Å². The molecule has 22 heavy (non-hydrogen) atoms. The quantitative estimate of drug-likeness (QED) is 0.178. The zero-order valence-corrected chi connectivity index (χ0v) is 17.1. The third-order valence-electron chi connectivity index (χ3n) is 2.27. The van der Waals surface area contributed by atoms with Gasteiger partial charge in [0.15, 0.2) is 6.29 Å². The van der Waals surface area contributed by atoms with Crippen molar-refractivity contribution in [2.24, 2.45) is 0 Å². The van der Waals surface area contributed by atoms with E-state index in [0.717, 1.165) is 0 Å². The van der Waals surface area contributed by atoms with Crippen molar-refractivity contribution in [1.82, 2.24) is 5.32 Å². The fourth-order valence-electron chi connectivity index (χ4n) is 1.49. The molecule has 1 heterocycles. The average molecular weight is 363 g/mol. The van der Waals surface area contributed by atoms with E-state index in [4.69, 9.17) is 27.4 Å². The van der Waals surface area contributed by atoms with E-state index in [-0.39, 0.29) is 59.1 Å². The first-order valence-electron chi connectivity index (χ1n) is 5.21. The summed E-state index contributed by atoms with van der Waals surface area (Å²) in [5.74, 6) is -0.462. The summed E-state index contributed by atoms with van der Waals surface area (Å²) in [4.78, 5) is 10.7. The van der Waals surface area contributed by atoms with Gasteiger partial charge < -0.3 is 39.6 Å². The monoisotopic (exact) mass is 363 g/mol. The third-order valence-corrected chi connectivity index (χ3v) is 2.27. The zero-order valence-electron chi connectivity index (χ0n) is 12.2. The Bertz CT molecular complexity index is 413. The van der Waals surface area contributed by atoms with Gasteiger partial charge in [-0.15, -0.1) is 0 Å². The summed E-state index contributed by atoms with van der Waals surface area (Å²) in [6.07, 6.45) is -5.24. The van der Waals surface area contributed by atoms with Gasteiger partial charge >= 0.3 is 59.1 Å². The van der Waals surface area contributed by atoms with Gasteiger partial charge in [0.25, 0.3) is 0 Å². The van der Waals surface area contributed by atoms with Crippen LogP contribution in [0.3, 0.4) is 0 Å². The number of rotatable bonds is 2. The molecule has 0 bridgehead atoms. The molecule has 1 rings (SSSR count). The first-order chi connectivity index (χ1) is 8.97. The predicted octanol–water partition coefficient (Wildman–Crippen LogP) is -10.4. The molecule has 1 aliphatic heterocycles. The van der Waals surface area contributed by atoms with Crippen LogP contribution in [0.15, 0.2) is 0 Å². The van der Waals surface area contributed by atoms with E-state index < -0.39 is 53.6 Å². The van der Waals surface area contributed by atoms with Gasteiger partial charge in [0.05, 0.1) is 6.61 Å². The van der Waals surface area contributed by atoms with Gasteiger partial charge in [-0.25, -0.2) is 0 Å². The largest absolute Gasteiger partial charge is 1.00 e. The molecular formula is C8H15NNa2O10S. The number of aliphatic hydroxyl groups excluding tert-OH is 4. The number of amides is 1. The number of hydrogen-bond acceptors (Lipinski definition) is 10. The van der Waals surface area contributed by atoms with E-state index in [1.165, 1.54) is 6.92 Å². The Morgan fingerprint density at radius 3 is 1.91 bits per heavy atom. The molecule has 1 unspecified atom stereocenters. The predicted molar refractivity (Wildman–Crippen MR) is 58.1 cm³/mol. The molecule has 0 aromatic rings. The Morgan fingerprint density at radius 1 is 1.18 bits per heavy atom. The van der Waals surface area contributed by atoms with Crippen LogP contribution < -0.4 is 64.4 Å². The molecule has 5 N–H and O–H groups in total. The van der Waals surface area contributed by atoms with Crippen molar-refractivity contribution < 1.29 is 107 Å². The summed E-state index contributed by atoms with van der Waals surface area (Å²) in [5.41, 5.74) is 0. The second kappa shape index (κ2) is 12.5. The number of carbonyl (C=O) groups excluding carboxylic acids is 1. The van der Waals surface area contributed by atoms with Gasteiger partial charge in [0, 0.05) is 17.3 Å². The van der Waals surface area contributed by atoms with Crippen LogP contribution in [0.5, 0.6) is 0 Å². The van der Waals surface area contributed by atoms with Crippen molar-refractivity contribution in [1.29, 1.82) is 0 Å². The van der Waals surface area contributed by atoms with Crippen LogP contribution >= 0.6 is 0 Å². The van der Waals surface area contributed by atoms with Crippen LogP contribution in [-0.2, 0) is 19.9 Å². The van der Waals surface area contributed by atoms with Crippen molar-refractivity contribution in [3.8, 4) is 0 Å². The Morgan fingerprint density at radius 2 is 1.59 bits per heavy atom. The Hall–Kier alpha value is 1.14. The van der Waals surface area contributed by atoms with Gasteiger partial charge in [0.1, 0.15) is 24.4 Å². The summed E-state index contributed by atoms with van der Waals surface area (Å²) in [6, 6.07) is -1.10. The minimum atomic E-state index is -5.17.